The highest BCUT2D eigenvalue weighted by Crippen LogP contribution is 2.32. The number of imidazole rings is 1. The largest absolute Gasteiger partial charge is 0.328 e. The molecule has 4 aromatic rings. The summed E-state index contributed by atoms with van der Waals surface area (Å²) in [7, 11) is -3.88. The van der Waals surface area contributed by atoms with Gasteiger partial charge in [0, 0.05) is 16.3 Å². The van der Waals surface area contributed by atoms with Gasteiger partial charge in [-0.1, -0.05) is 77.5 Å². The van der Waals surface area contributed by atoms with Crippen LogP contribution in [0, 0.1) is 13.8 Å². The molecule has 1 amide bonds. The number of aromatic nitrogens is 2. The number of aromatic amines is 1. The first kappa shape index (κ1) is 24.1. The molecule has 0 radical (unpaired) electrons. The van der Waals surface area contributed by atoms with Crippen LogP contribution >= 0.6 is 23.4 Å². The van der Waals surface area contributed by atoms with Crippen LogP contribution in [0.5, 0.6) is 0 Å². The Morgan fingerprint density at radius 3 is 2.41 bits per heavy atom. The van der Waals surface area contributed by atoms with Crippen molar-refractivity contribution in [3.63, 3.8) is 0 Å². The van der Waals surface area contributed by atoms with Crippen LogP contribution in [0.1, 0.15) is 11.1 Å². The molecule has 1 heterocycles. The Labute approximate surface area is 207 Å². The number of rotatable bonds is 7. The van der Waals surface area contributed by atoms with Gasteiger partial charge in [0.1, 0.15) is 10.9 Å². The summed E-state index contributed by atoms with van der Waals surface area (Å²) in [6, 6.07) is 21.1. The first-order chi connectivity index (χ1) is 16.3. The van der Waals surface area contributed by atoms with Gasteiger partial charge in [0.25, 0.3) is 0 Å². The van der Waals surface area contributed by atoms with Crippen molar-refractivity contribution in [1.82, 2.24) is 9.97 Å². The molecule has 0 saturated heterocycles. The first-order valence-electron chi connectivity index (χ1n) is 10.4. The number of nitrogens with zero attached hydrogens (tertiary/aromatic N) is 1. The maximum absolute atomic E-state index is 13.4. The quantitative estimate of drug-likeness (QED) is 0.301. The van der Waals surface area contributed by atoms with E-state index in [-0.39, 0.29) is 26.6 Å². The van der Waals surface area contributed by atoms with Crippen molar-refractivity contribution in [2.24, 2.45) is 0 Å². The molecule has 174 valence electrons. The summed E-state index contributed by atoms with van der Waals surface area (Å²) >= 11 is 7.19. The van der Waals surface area contributed by atoms with Crippen LogP contribution in [-0.2, 0) is 14.6 Å². The summed E-state index contributed by atoms with van der Waals surface area (Å²) in [4.78, 5) is 20.3. The maximum atomic E-state index is 13.4. The predicted octanol–water partition coefficient (Wildman–Crippen LogP) is 5.91. The molecule has 0 unspecified atom stereocenters. The Hall–Kier alpha value is -3.07. The fourth-order valence-corrected chi connectivity index (χ4v) is 5.85. The number of H-pyrrole nitrogens is 1. The highest BCUT2D eigenvalue weighted by Gasteiger charge is 2.27. The highest BCUT2D eigenvalue weighted by atomic mass is 35.5. The number of aryl methyl sites for hydroxylation is 1. The molecule has 2 N–H and O–H groups in total. The standard InChI is InChI=1S/C25H22ClN3O3S2/c1-16-11-13-19(14-12-16)34(31,32)25-24(28-23(29-25)18-7-4-3-5-8-18)33-15-22(30)27-21-10-6-9-20(26)17(21)2/h3-14H,15H2,1-2H3,(H,27,30)(H,28,29). The van der Waals surface area contributed by atoms with E-state index in [1.807, 2.05) is 44.2 Å². The molecule has 0 bridgehead atoms. The number of hydrogen-bond donors (Lipinski definition) is 2. The summed E-state index contributed by atoms with van der Waals surface area (Å²) in [6.45, 7) is 3.71. The number of nitrogens with one attached hydrogen (secondary N) is 2. The van der Waals surface area contributed by atoms with Crippen LogP contribution in [0.15, 0.2) is 87.7 Å². The van der Waals surface area contributed by atoms with Crippen molar-refractivity contribution in [2.45, 2.75) is 28.8 Å². The Balaban J connectivity index is 1.64. The minimum Gasteiger partial charge on any atom is -0.328 e. The molecule has 9 heteroatoms. The fourth-order valence-electron chi connectivity index (χ4n) is 3.25. The first-order valence-corrected chi connectivity index (χ1v) is 13.3. The average Bonchev–Trinajstić information content (AvgIpc) is 3.27. The molecule has 0 saturated carbocycles. The van der Waals surface area contributed by atoms with E-state index in [0.717, 1.165) is 28.5 Å². The van der Waals surface area contributed by atoms with E-state index in [1.165, 1.54) is 0 Å². The topological polar surface area (TPSA) is 91.9 Å². The number of anilines is 1. The molecule has 0 aliphatic carbocycles. The van der Waals surface area contributed by atoms with Crippen LogP contribution in [0.3, 0.4) is 0 Å². The molecule has 0 aliphatic heterocycles. The summed E-state index contributed by atoms with van der Waals surface area (Å²) in [5.74, 6) is 0.0970. The third-order valence-electron chi connectivity index (χ3n) is 5.17. The summed E-state index contributed by atoms with van der Waals surface area (Å²) in [6.07, 6.45) is 0. The second-order valence-corrected chi connectivity index (χ2v) is 10.9. The molecular weight excluding hydrogens is 490 g/mol. The van der Waals surface area contributed by atoms with Gasteiger partial charge in [0.2, 0.25) is 15.7 Å². The van der Waals surface area contributed by atoms with E-state index in [1.54, 1.807) is 42.5 Å². The lowest BCUT2D eigenvalue weighted by Gasteiger charge is -2.09. The van der Waals surface area contributed by atoms with Crippen LogP contribution in [0.4, 0.5) is 5.69 Å². The summed E-state index contributed by atoms with van der Waals surface area (Å²) in [5, 5.41) is 3.58. The maximum Gasteiger partial charge on any atom is 0.234 e. The van der Waals surface area contributed by atoms with E-state index in [2.05, 4.69) is 15.3 Å². The Kier molecular flexibility index (Phi) is 7.11. The van der Waals surface area contributed by atoms with Crippen LogP contribution < -0.4 is 5.32 Å². The lowest BCUT2D eigenvalue weighted by atomic mass is 10.2. The fraction of sp³-hybridized carbons (Fsp3) is 0.120. The van der Waals surface area contributed by atoms with E-state index in [4.69, 9.17) is 11.6 Å². The van der Waals surface area contributed by atoms with Crippen molar-refractivity contribution in [2.75, 3.05) is 11.1 Å². The molecule has 3 aromatic carbocycles. The van der Waals surface area contributed by atoms with Crippen LogP contribution in [-0.4, -0.2) is 30.0 Å². The van der Waals surface area contributed by atoms with Crippen molar-refractivity contribution in [3.05, 3.63) is 88.9 Å². The number of carbonyl (C=O) groups is 1. The van der Waals surface area contributed by atoms with Gasteiger partial charge in [0.15, 0.2) is 5.03 Å². The zero-order chi connectivity index (χ0) is 24.3. The number of carbonyl (C=O) groups excluding carboxylic acids is 1. The zero-order valence-electron chi connectivity index (χ0n) is 18.5. The minimum absolute atomic E-state index is 0.0263. The van der Waals surface area contributed by atoms with E-state index in [0.29, 0.717) is 16.5 Å². The number of benzene rings is 3. The number of thioether (sulfide) groups is 1. The predicted molar refractivity (Wildman–Crippen MR) is 136 cm³/mol. The van der Waals surface area contributed by atoms with Crippen molar-refractivity contribution >= 4 is 44.8 Å². The Bertz CT molecular complexity index is 1430. The van der Waals surface area contributed by atoms with Gasteiger partial charge >= 0.3 is 0 Å². The third kappa shape index (κ3) is 5.19. The van der Waals surface area contributed by atoms with Gasteiger partial charge in [-0.15, -0.1) is 0 Å². The second kappa shape index (κ2) is 10.0. The molecule has 0 aliphatic rings. The van der Waals surface area contributed by atoms with Gasteiger partial charge in [0.05, 0.1) is 10.6 Å². The molecular formula is C25H22ClN3O3S2. The Morgan fingerprint density at radius 1 is 1.00 bits per heavy atom. The van der Waals surface area contributed by atoms with Gasteiger partial charge in [-0.25, -0.2) is 13.4 Å². The van der Waals surface area contributed by atoms with E-state index >= 15 is 0 Å². The van der Waals surface area contributed by atoms with Gasteiger partial charge < -0.3 is 10.3 Å². The van der Waals surface area contributed by atoms with E-state index < -0.39 is 9.84 Å². The van der Waals surface area contributed by atoms with Gasteiger partial charge in [-0.2, -0.15) is 0 Å². The van der Waals surface area contributed by atoms with Gasteiger partial charge in [-0.3, -0.25) is 4.79 Å². The number of hydrogen-bond acceptors (Lipinski definition) is 5. The van der Waals surface area contributed by atoms with Crippen molar-refractivity contribution in [1.29, 1.82) is 0 Å². The summed E-state index contributed by atoms with van der Waals surface area (Å²) in [5.41, 5.74) is 3.07. The lowest BCUT2D eigenvalue weighted by Crippen LogP contribution is -2.15. The molecule has 4 rings (SSSR count). The Morgan fingerprint density at radius 2 is 1.71 bits per heavy atom. The molecule has 34 heavy (non-hydrogen) atoms. The second-order valence-electron chi connectivity index (χ2n) is 7.65. The SMILES string of the molecule is Cc1ccc(S(=O)(=O)c2[nH]c(-c3ccccc3)nc2SCC(=O)Nc2cccc(Cl)c2C)cc1. The smallest absolute Gasteiger partial charge is 0.234 e. The monoisotopic (exact) mass is 511 g/mol. The third-order valence-corrected chi connectivity index (χ3v) is 8.41. The van der Waals surface area contributed by atoms with Crippen LogP contribution in [0.2, 0.25) is 5.02 Å². The minimum atomic E-state index is -3.88. The summed E-state index contributed by atoms with van der Waals surface area (Å²) < 4.78 is 26.9. The molecule has 0 atom stereocenters. The average molecular weight is 512 g/mol. The van der Waals surface area contributed by atoms with Crippen LogP contribution in [0.25, 0.3) is 11.4 Å². The van der Waals surface area contributed by atoms with Crippen molar-refractivity contribution < 1.29 is 13.2 Å². The molecule has 0 spiro atoms. The zero-order valence-corrected chi connectivity index (χ0v) is 20.9. The number of sulfone groups is 1. The van der Waals surface area contributed by atoms with E-state index in [9.17, 15) is 13.2 Å². The van der Waals surface area contributed by atoms with Gasteiger partial charge in [-0.05, 0) is 43.7 Å². The number of amides is 1. The molecule has 1 aromatic heterocycles. The lowest BCUT2D eigenvalue weighted by molar-refractivity contribution is -0.113. The number of halogens is 1. The highest BCUT2D eigenvalue weighted by molar-refractivity contribution is 8.00. The molecule has 6 nitrogen and oxygen atoms in total. The normalized spacial score (nSPS) is 11.4. The van der Waals surface area contributed by atoms with Crippen molar-refractivity contribution in [3.8, 4) is 11.4 Å². The molecule has 0 fully saturated rings.